The quantitative estimate of drug-likeness (QED) is 0.336. The van der Waals surface area contributed by atoms with E-state index in [9.17, 15) is 0 Å². The molecule has 2 heteroatoms. The zero-order valence-electron chi connectivity index (χ0n) is 14.3. The molecule has 2 atom stereocenters. The first kappa shape index (κ1) is 18.7. The molecule has 0 aliphatic carbocycles. The Morgan fingerprint density at radius 3 is 2.43 bits per heavy atom. The second-order valence-corrected chi connectivity index (χ2v) is 6.33. The number of rotatable bonds is 13. The highest BCUT2D eigenvalue weighted by atomic mass is 16.5. The van der Waals surface area contributed by atoms with Gasteiger partial charge in [0.2, 0.25) is 0 Å². The molecule has 0 amide bonds. The van der Waals surface area contributed by atoms with E-state index in [0.717, 1.165) is 51.1 Å². The summed E-state index contributed by atoms with van der Waals surface area (Å²) in [5, 5.41) is 0. The van der Waals surface area contributed by atoms with Gasteiger partial charge in [-0.25, -0.2) is 0 Å². The number of allylic oxidation sites excluding steroid dienone is 1. The van der Waals surface area contributed by atoms with Crippen molar-refractivity contribution in [2.45, 2.75) is 71.6 Å². The molecule has 124 valence electrons. The maximum absolute atomic E-state index is 5.74. The minimum Gasteiger partial charge on any atom is -0.381 e. The van der Waals surface area contributed by atoms with Gasteiger partial charge < -0.3 is 9.47 Å². The number of hydrogen-bond donors (Lipinski definition) is 0. The molecule has 1 fully saturated rings. The Hall–Kier alpha value is -0.340. The average molecular weight is 296 g/mol. The van der Waals surface area contributed by atoms with Gasteiger partial charge in [0, 0.05) is 19.8 Å². The van der Waals surface area contributed by atoms with Gasteiger partial charge in [0.05, 0.1) is 6.61 Å². The van der Waals surface area contributed by atoms with Gasteiger partial charge in [-0.15, -0.1) is 0 Å². The molecule has 0 aromatic carbocycles. The summed E-state index contributed by atoms with van der Waals surface area (Å²) in [6.45, 7) is 8.15. The van der Waals surface area contributed by atoms with Crippen molar-refractivity contribution < 1.29 is 9.47 Å². The first-order chi connectivity index (χ1) is 10.4. The van der Waals surface area contributed by atoms with Crippen LogP contribution in [0.3, 0.4) is 0 Å². The monoisotopic (exact) mass is 296 g/mol. The smallest absolute Gasteiger partial charge is 0.0500 e. The Morgan fingerprint density at radius 2 is 1.67 bits per heavy atom. The van der Waals surface area contributed by atoms with E-state index in [2.05, 4.69) is 26.0 Å². The van der Waals surface area contributed by atoms with Crippen LogP contribution in [0.2, 0.25) is 0 Å². The molecule has 0 aromatic rings. The van der Waals surface area contributed by atoms with Crippen molar-refractivity contribution in [2.24, 2.45) is 11.8 Å². The third kappa shape index (κ3) is 9.31. The minimum absolute atomic E-state index is 0.738. The molecule has 0 saturated carbocycles. The molecule has 0 radical (unpaired) electrons. The normalized spacial score (nSPS) is 22.4. The highest BCUT2D eigenvalue weighted by molar-refractivity contribution is 4.79. The molecule has 0 aromatic heterocycles. The summed E-state index contributed by atoms with van der Waals surface area (Å²) in [6.07, 6.45) is 16.1. The van der Waals surface area contributed by atoms with Crippen LogP contribution in [0.1, 0.15) is 71.6 Å². The molecule has 2 nitrogen and oxygen atoms in total. The van der Waals surface area contributed by atoms with Crippen molar-refractivity contribution in [2.75, 3.05) is 26.4 Å². The number of unbranched alkanes of at least 4 members (excludes halogenated alkanes) is 4. The largest absolute Gasteiger partial charge is 0.381 e. The fraction of sp³-hybridized carbons (Fsp3) is 0.895. The Morgan fingerprint density at radius 1 is 0.905 bits per heavy atom. The summed E-state index contributed by atoms with van der Waals surface area (Å²) in [6, 6.07) is 0. The van der Waals surface area contributed by atoms with Gasteiger partial charge in [0.15, 0.2) is 0 Å². The average Bonchev–Trinajstić information content (AvgIpc) is 2.94. The molecule has 1 saturated heterocycles. The fourth-order valence-electron chi connectivity index (χ4n) is 3.06. The van der Waals surface area contributed by atoms with Crippen molar-refractivity contribution in [3.63, 3.8) is 0 Å². The van der Waals surface area contributed by atoms with Gasteiger partial charge in [-0.3, -0.25) is 0 Å². The molecular weight excluding hydrogens is 260 g/mol. The van der Waals surface area contributed by atoms with Gasteiger partial charge in [-0.05, 0) is 37.5 Å². The molecule has 2 unspecified atom stereocenters. The summed E-state index contributed by atoms with van der Waals surface area (Å²) in [4.78, 5) is 0. The van der Waals surface area contributed by atoms with E-state index in [1.807, 2.05) is 0 Å². The van der Waals surface area contributed by atoms with Gasteiger partial charge in [0.25, 0.3) is 0 Å². The lowest BCUT2D eigenvalue weighted by Crippen LogP contribution is -2.15. The number of hydrogen-bond acceptors (Lipinski definition) is 2. The minimum atomic E-state index is 0.738. The lowest BCUT2D eigenvalue weighted by Gasteiger charge is -2.17. The fourth-order valence-corrected chi connectivity index (χ4v) is 3.06. The second kappa shape index (κ2) is 13.3. The van der Waals surface area contributed by atoms with Gasteiger partial charge in [-0.2, -0.15) is 0 Å². The van der Waals surface area contributed by atoms with Crippen molar-refractivity contribution in [3.8, 4) is 0 Å². The Kier molecular flexibility index (Phi) is 11.9. The summed E-state index contributed by atoms with van der Waals surface area (Å²) in [5.74, 6) is 1.53. The lowest BCUT2D eigenvalue weighted by atomic mass is 9.88. The van der Waals surface area contributed by atoms with Crippen LogP contribution in [-0.4, -0.2) is 26.4 Å². The molecule has 0 N–H and O–H groups in total. The van der Waals surface area contributed by atoms with Crippen LogP contribution >= 0.6 is 0 Å². The highest BCUT2D eigenvalue weighted by Crippen LogP contribution is 2.28. The lowest BCUT2D eigenvalue weighted by molar-refractivity contribution is 0.115. The van der Waals surface area contributed by atoms with Crippen LogP contribution in [0.25, 0.3) is 0 Å². The van der Waals surface area contributed by atoms with Gasteiger partial charge in [0.1, 0.15) is 0 Å². The van der Waals surface area contributed by atoms with Crippen molar-refractivity contribution in [1.29, 1.82) is 0 Å². The molecule has 1 aliphatic heterocycles. The predicted octanol–water partition coefficient (Wildman–Crippen LogP) is 5.37. The van der Waals surface area contributed by atoms with E-state index in [0.29, 0.717) is 0 Å². The van der Waals surface area contributed by atoms with Crippen LogP contribution in [0.5, 0.6) is 0 Å². The van der Waals surface area contributed by atoms with Crippen molar-refractivity contribution >= 4 is 0 Å². The standard InChI is InChI=1S/C19H36O2/c1-3-5-7-9-10-12-18-16-21-17-19(18)13-15-20-14-11-8-6-4-2/h6,8,18-19H,3-5,7,9-17H2,1-2H3. The SMILES string of the molecule is CCC=CCCOCCC1COCC1CCCCCCC. The van der Waals surface area contributed by atoms with Crippen LogP contribution in [0.15, 0.2) is 12.2 Å². The molecule has 0 spiro atoms. The molecule has 21 heavy (non-hydrogen) atoms. The van der Waals surface area contributed by atoms with E-state index in [-0.39, 0.29) is 0 Å². The molecule has 1 heterocycles. The highest BCUT2D eigenvalue weighted by Gasteiger charge is 2.27. The topological polar surface area (TPSA) is 18.5 Å². The molecule has 1 aliphatic rings. The van der Waals surface area contributed by atoms with E-state index in [4.69, 9.17) is 9.47 Å². The van der Waals surface area contributed by atoms with E-state index in [1.54, 1.807) is 0 Å². The van der Waals surface area contributed by atoms with Crippen molar-refractivity contribution in [3.05, 3.63) is 12.2 Å². The zero-order chi connectivity index (χ0) is 15.2. The van der Waals surface area contributed by atoms with Crippen LogP contribution < -0.4 is 0 Å². The predicted molar refractivity (Wildman–Crippen MR) is 90.7 cm³/mol. The summed E-state index contributed by atoms with van der Waals surface area (Å²) >= 11 is 0. The van der Waals surface area contributed by atoms with E-state index in [1.165, 1.54) is 44.9 Å². The van der Waals surface area contributed by atoms with Crippen molar-refractivity contribution in [1.82, 2.24) is 0 Å². The third-order valence-corrected chi connectivity index (χ3v) is 4.47. The maximum atomic E-state index is 5.74. The Bertz CT molecular complexity index is 250. The first-order valence-corrected chi connectivity index (χ1v) is 9.19. The van der Waals surface area contributed by atoms with Gasteiger partial charge >= 0.3 is 0 Å². The molecular formula is C19H36O2. The second-order valence-electron chi connectivity index (χ2n) is 6.33. The Balaban J connectivity index is 2.00. The van der Waals surface area contributed by atoms with Crippen LogP contribution in [0, 0.1) is 11.8 Å². The van der Waals surface area contributed by atoms with Crippen LogP contribution in [0.4, 0.5) is 0 Å². The van der Waals surface area contributed by atoms with E-state index >= 15 is 0 Å². The number of ether oxygens (including phenoxy) is 2. The zero-order valence-corrected chi connectivity index (χ0v) is 14.3. The van der Waals surface area contributed by atoms with Gasteiger partial charge in [-0.1, -0.05) is 58.1 Å². The summed E-state index contributed by atoms with van der Waals surface area (Å²) in [5.41, 5.74) is 0. The van der Waals surface area contributed by atoms with Crippen LogP contribution in [-0.2, 0) is 9.47 Å². The molecule has 0 bridgehead atoms. The maximum Gasteiger partial charge on any atom is 0.0500 e. The first-order valence-electron chi connectivity index (χ1n) is 9.19. The Labute approximate surface area is 132 Å². The molecule has 1 rings (SSSR count). The summed E-state index contributed by atoms with van der Waals surface area (Å²) < 4.78 is 11.4. The summed E-state index contributed by atoms with van der Waals surface area (Å²) in [7, 11) is 0. The van der Waals surface area contributed by atoms with E-state index < -0.39 is 0 Å². The third-order valence-electron chi connectivity index (χ3n) is 4.47.